The number of rotatable bonds is 4. The number of hydrogen-bond donors (Lipinski definition) is 3. The number of fused-ring (bicyclic) bond motifs is 1. The van der Waals surface area contributed by atoms with Crippen molar-refractivity contribution in [3.8, 4) is 0 Å². The molecular weight excluding hydrogens is 338 g/mol. The Morgan fingerprint density at radius 2 is 1.88 bits per heavy atom. The Bertz CT molecular complexity index is 992. The molecule has 3 aromatic rings. The van der Waals surface area contributed by atoms with Crippen LogP contribution in [0, 0.1) is 11.6 Å². The highest BCUT2D eigenvalue weighted by Gasteiger charge is 2.24. The second kappa shape index (κ2) is 6.44. The van der Waals surface area contributed by atoms with Gasteiger partial charge in [-0.05, 0) is 48.0 Å². The molecule has 7 heteroatoms. The van der Waals surface area contributed by atoms with Crippen molar-refractivity contribution < 1.29 is 13.6 Å². The minimum absolute atomic E-state index is 0.195. The van der Waals surface area contributed by atoms with Gasteiger partial charge >= 0.3 is 0 Å². The summed E-state index contributed by atoms with van der Waals surface area (Å²) in [5.41, 5.74) is 3.93. The van der Waals surface area contributed by atoms with Crippen molar-refractivity contribution >= 4 is 28.9 Å². The van der Waals surface area contributed by atoms with E-state index >= 15 is 0 Å². The Morgan fingerprint density at radius 1 is 1.08 bits per heavy atom. The molecule has 0 aliphatic carbocycles. The summed E-state index contributed by atoms with van der Waals surface area (Å²) in [5, 5.41) is 12.6. The molecular formula is C19H14F2N4O. The average molecular weight is 352 g/mol. The predicted molar refractivity (Wildman–Crippen MR) is 95.2 cm³/mol. The third kappa shape index (κ3) is 3.19. The summed E-state index contributed by atoms with van der Waals surface area (Å²) in [4.78, 5) is 12.2. The summed E-state index contributed by atoms with van der Waals surface area (Å²) in [5.74, 6) is -1.43. The number of carbonyl (C=O) groups excluding carboxylic acids is 1. The first-order valence-corrected chi connectivity index (χ1v) is 7.94. The van der Waals surface area contributed by atoms with E-state index in [-0.39, 0.29) is 12.5 Å². The highest BCUT2D eigenvalue weighted by atomic mass is 19.1. The lowest BCUT2D eigenvalue weighted by atomic mass is 10.0. The van der Waals surface area contributed by atoms with Gasteiger partial charge in [0.25, 0.3) is 5.91 Å². The summed E-state index contributed by atoms with van der Waals surface area (Å²) in [7, 11) is 0. The number of anilines is 2. The maximum Gasteiger partial charge on any atom is 0.256 e. The largest absolute Gasteiger partial charge is 0.381 e. The van der Waals surface area contributed by atoms with Crippen LogP contribution in [-0.4, -0.2) is 16.1 Å². The van der Waals surface area contributed by atoms with Crippen molar-refractivity contribution in [2.24, 2.45) is 0 Å². The highest BCUT2D eigenvalue weighted by Crippen LogP contribution is 2.35. The standard InChI is InChI=1S/C19H14F2N4O/c20-12-5-11(6-13(21)7-12)10-22-14-1-2-18-16(8-14)17(19(26)24-18)9-15-3-4-23-25-15/h1-9,22H,10H2,(H,23,25)(H,24,26). The van der Waals surface area contributed by atoms with Gasteiger partial charge < -0.3 is 10.6 Å². The van der Waals surface area contributed by atoms with Gasteiger partial charge in [-0.1, -0.05) is 0 Å². The smallest absolute Gasteiger partial charge is 0.256 e. The zero-order valence-electron chi connectivity index (χ0n) is 13.5. The molecule has 5 nitrogen and oxygen atoms in total. The van der Waals surface area contributed by atoms with Gasteiger partial charge in [0, 0.05) is 35.7 Å². The number of amides is 1. The first kappa shape index (κ1) is 16.0. The van der Waals surface area contributed by atoms with Gasteiger partial charge in [-0.25, -0.2) is 8.78 Å². The Morgan fingerprint density at radius 3 is 2.62 bits per heavy atom. The van der Waals surface area contributed by atoms with E-state index in [0.717, 1.165) is 23.0 Å². The molecule has 0 radical (unpaired) electrons. The molecule has 26 heavy (non-hydrogen) atoms. The Balaban J connectivity index is 1.59. The third-order valence-corrected chi connectivity index (χ3v) is 4.04. The van der Waals surface area contributed by atoms with Crippen molar-refractivity contribution in [1.29, 1.82) is 0 Å². The number of H-pyrrole nitrogens is 1. The fourth-order valence-electron chi connectivity index (χ4n) is 2.86. The molecule has 0 spiro atoms. The van der Waals surface area contributed by atoms with Crippen LogP contribution in [0.1, 0.15) is 16.8 Å². The first-order chi connectivity index (χ1) is 12.6. The number of benzene rings is 2. The zero-order chi connectivity index (χ0) is 18.1. The lowest BCUT2D eigenvalue weighted by molar-refractivity contribution is -0.110. The molecule has 1 aliphatic rings. The molecule has 3 N–H and O–H groups in total. The van der Waals surface area contributed by atoms with E-state index in [1.807, 2.05) is 6.07 Å². The third-order valence-electron chi connectivity index (χ3n) is 4.04. The molecule has 4 rings (SSSR count). The molecule has 1 aliphatic heterocycles. The van der Waals surface area contributed by atoms with Crippen LogP contribution >= 0.6 is 0 Å². The molecule has 1 amide bonds. The van der Waals surface area contributed by atoms with Crippen LogP contribution in [-0.2, 0) is 11.3 Å². The van der Waals surface area contributed by atoms with Crippen LogP contribution in [0.4, 0.5) is 20.2 Å². The van der Waals surface area contributed by atoms with E-state index in [9.17, 15) is 13.6 Å². The Kier molecular flexibility index (Phi) is 3.96. The van der Waals surface area contributed by atoms with Gasteiger partial charge in [-0.15, -0.1) is 0 Å². The molecule has 0 saturated heterocycles. The molecule has 0 saturated carbocycles. The van der Waals surface area contributed by atoms with Crippen LogP contribution in [0.3, 0.4) is 0 Å². The van der Waals surface area contributed by atoms with Crippen molar-refractivity contribution in [3.63, 3.8) is 0 Å². The van der Waals surface area contributed by atoms with Crippen molar-refractivity contribution in [3.05, 3.63) is 77.1 Å². The lowest BCUT2D eigenvalue weighted by Crippen LogP contribution is -2.03. The second-order valence-electron chi connectivity index (χ2n) is 5.92. The molecule has 0 bridgehead atoms. The minimum Gasteiger partial charge on any atom is -0.381 e. The fourth-order valence-corrected chi connectivity index (χ4v) is 2.86. The lowest BCUT2D eigenvalue weighted by Gasteiger charge is -2.09. The molecule has 2 aromatic carbocycles. The average Bonchev–Trinajstić information content (AvgIpc) is 3.21. The number of nitrogens with zero attached hydrogens (tertiary/aromatic N) is 1. The summed E-state index contributed by atoms with van der Waals surface area (Å²) in [6, 6.07) is 10.6. The van der Waals surface area contributed by atoms with Gasteiger partial charge in [0.1, 0.15) is 11.6 Å². The molecule has 1 aromatic heterocycles. The molecule has 0 fully saturated rings. The minimum atomic E-state index is -0.615. The van der Waals surface area contributed by atoms with E-state index < -0.39 is 11.6 Å². The normalized spacial score (nSPS) is 14.4. The number of aromatic nitrogens is 2. The fraction of sp³-hybridized carbons (Fsp3) is 0.0526. The van der Waals surface area contributed by atoms with E-state index in [1.165, 1.54) is 12.1 Å². The summed E-state index contributed by atoms with van der Waals surface area (Å²) in [6.07, 6.45) is 3.33. The summed E-state index contributed by atoms with van der Waals surface area (Å²) in [6.45, 7) is 0.258. The first-order valence-electron chi connectivity index (χ1n) is 7.94. The topological polar surface area (TPSA) is 69.8 Å². The number of halogens is 2. The number of carbonyl (C=O) groups is 1. The van der Waals surface area contributed by atoms with Crippen LogP contribution in [0.25, 0.3) is 11.6 Å². The van der Waals surface area contributed by atoms with Crippen LogP contribution in [0.2, 0.25) is 0 Å². The summed E-state index contributed by atoms with van der Waals surface area (Å²) < 4.78 is 26.6. The van der Waals surface area contributed by atoms with Crippen LogP contribution in [0.5, 0.6) is 0 Å². The van der Waals surface area contributed by atoms with Gasteiger partial charge in [-0.3, -0.25) is 9.89 Å². The monoisotopic (exact) mass is 352 g/mol. The van der Waals surface area contributed by atoms with Gasteiger partial charge in [0.05, 0.1) is 11.3 Å². The van der Waals surface area contributed by atoms with E-state index in [0.29, 0.717) is 16.8 Å². The number of aromatic amines is 1. The van der Waals surface area contributed by atoms with E-state index in [2.05, 4.69) is 20.8 Å². The second-order valence-corrected chi connectivity index (χ2v) is 5.92. The maximum atomic E-state index is 13.3. The quantitative estimate of drug-likeness (QED) is 0.626. The van der Waals surface area contributed by atoms with Crippen molar-refractivity contribution in [2.45, 2.75) is 6.54 Å². The molecule has 0 atom stereocenters. The van der Waals surface area contributed by atoms with Crippen LogP contribution < -0.4 is 10.6 Å². The van der Waals surface area contributed by atoms with Crippen LogP contribution in [0.15, 0.2) is 48.7 Å². The SMILES string of the molecule is O=C1Nc2ccc(NCc3cc(F)cc(F)c3)cc2C1=Cc1ccn[nH]1. The molecule has 2 heterocycles. The van der Waals surface area contributed by atoms with E-state index in [1.54, 1.807) is 30.5 Å². The molecule has 130 valence electrons. The Labute approximate surface area is 147 Å². The Hall–Kier alpha value is -3.48. The number of nitrogens with one attached hydrogen (secondary N) is 3. The van der Waals surface area contributed by atoms with Crippen molar-refractivity contribution in [2.75, 3.05) is 10.6 Å². The molecule has 0 unspecified atom stereocenters. The van der Waals surface area contributed by atoms with Gasteiger partial charge in [0.15, 0.2) is 0 Å². The van der Waals surface area contributed by atoms with E-state index in [4.69, 9.17) is 0 Å². The maximum absolute atomic E-state index is 13.3. The summed E-state index contributed by atoms with van der Waals surface area (Å²) >= 11 is 0. The van der Waals surface area contributed by atoms with Crippen molar-refractivity contribution in [1.82, 2.24) is 10.2 Å². The van der Waals surface area contributed by atoms with Gasteiger partial charge in [-0.2, -0.15) is 5.10 Å². The zero-order valence-corrected chi connectivity index (χ0v) is 13.5. The number of hydrogen-bond acceptors (Lipinski definition) is 3. The predicted octanol–water partition coefficient (Wildman–Crippen LogP) is 3.79. The van der Waals surface area contributed by atoms with Gasteiger partial charge in [0.2, 0.25) is 0 Å². The highest BCUT2D eigenvalue weighted by molar-refractivity contribution is 6.35.